The zero-order chi connectivity index (χ0) is 25.9. The first-order chi connectivity index (χ1) is 17.3. The van der Waals surface area contributed by atoms with Crippen molar-refractivity contribution in [3.63, 3.8) is 0 Å². The lowest BCUT2D eigenvalue weighted by atomic mass is 9.88. The Kier molecular flexibility index (Phi) is 7.97. The predicted molar refractivity (Wildman–Crippen MR) is 134 cm³/mol. The largest absolute Gasteiger partial charge is 0.490 e. The Bertz CT molecular complexity index is 1260. The molecule has 0 radical (unpaired) electrons. The fraction of sp³-hybridized carbons (Fsp3) is 0.423. The van der Waals surface area contributed by atoms with Crippen LogP contribution in [-0.2, 0) is 19.5 Å². The van der Waals surface area contributed by atoms with Crippen LogP contribution in [0.1, 0.15) is 47.7 Å². The smallest absolute Gasteiger partial charge is 0.343 e. The van der Waals surface area contributed by atoms with Crippen LogP contribution in [0.15, 0.2) is 41.3 Å². The van der Waals surface area contributed by atoms with Gasteiger partial charge in [-0.3, -0.25) is 4.72 Å². The van der Waals surface area contributed by atoms with E-state index in [1.807, 2.05) is 13.8 Å². The number of carbonyl (C=O) groups excluding carboxylic acids is 1. The number of anilines is 1. The number of esters is 1. The number of benzene rings is 2. The molecule has 2 aliphatic rings. The average Bonchev–Trinajstić information content (AvgIpc) is 3.35. The van der Waals surface area contributed by atoms with E-state index in [9.17, 15) is 17.6 Å². The Morgan fingerprint density at radius 3 is 2.75 bits per heavy atom. The molecule has 2 aromatic carbocycles. The maximum atomic E-state index is 14.0. The van der Waals surface area contributed by atoms with Gasteiger partial charge in [0.1, 0.15) is 23.7 Å². The van der Waals surface area contributed by atoms with Crippen LogP contribution in [-0.4, -0.2) is 65.3 Å². The summed E-state index contributed by atoms with van der Waals surface area (Å²) in [6.45, 7) is 7.17. The number of nitrogens with one attached hydrogen (secondary N) is 1. The van der Waals surface area contributed by atoms with Crippen LogP contribution in [0.2, 0.25) is 0 Å². The van der Waals surface area contributed by atoms with E-state index < -0.39 is 21.8 Å². The van der Waals surface area contributed by atoms with E-state index in [2.05, 4.69) is 9.62 Å². The first kappa shape index (κ1) is 26.1. The topological polar surface area (TPSA) is 94.2 Å². The Balaban J connectivity index is 1.70. The number of methoxy groups -OCH3 is 1. The normalized spacial score (nSPS) is 19.1. The number of hydrogen-bond acceptors (Lipinski definition) is 7. The second-order valence-corrected chi connectivity index (χ2v) is 10.3. The minimum atomic E-state index is -4.20. The van der Waals surface area contributed by atoms with Gasteiger partial charge in [-0.1, -0.05) is 32.1 Å². The second-order valence-electron chi connectivity index (χ2n) is 8.69. The van der Waals surface area contributed by atoms with Crippen molar-refractivity contribution in [2.45, 2.75) is 37.2 Å². The molecule has 4 rings (SSSR count). The van der Waals surface area contributed by atoms with Gasteiger partial charge in [-0.05, 0) is 49.3 Å². The van der Waals surface area contributed by atoms with Crippen molar-refractivity contribution in [2.24, 2.45) is 0 Å². The second kappa shape index (κ2) is 11.0. The van der Waals surface area contributed by atoms with Gasteiger partial charge in [0, 0.05) is 24.6 Å². The van der Waals surface area contributed by atoms with Gasteiger partial charge in [-0.15, -0.1) is 0 Å². The predicted octanol–water partition coefficient (Wildman–Crippen LogP) is 4.03. The maximum Gasteiger partial charge on any atom is 0.343 e. The highest BCUT2D eigenvalue weighted by Gasteiger charge is 2.39. The van der Waals surface area contributed by atoms with Gasteiger partial charge in [0.15, 0.2) is 0 Å². The summed E-state index contributed by atoms with van der Waals surface area (Å²) in [7, 11) is -2.98. The lowest BCUT2D eigenvalue weighted by Gasteiger charge is -2.29. The summed E-state index contributed by atoms with van der Waals surface area (Å²) in [5, 5.41) is 0. The van der Waals surface area contributed by atoms with Gasteiger partial charge in [0.2, 0.25) is 0 Å². The van der Waals surface area contributed by atoms with E-state index in [1.165, 1.54) is 25.3 Å². The third kappa shape index (κ3) is 5.25. The molecule has 1 N–H and O–H groups in total. The summed E-state index contributed by atoms with van der Waals surface area (Å²) in [6, 6.07) is 6.76. The number of rotatable bonds is 9. The van der Waals surface area contributed by atoms with Crippen LogP contribution in [0.25, 0.3) is 6.08 Å². The van der Waals surface area contributed by atoms with E-state index in [-0.39, 0.29) is 40.3 Å². The highest BCUT2D eigenvalue weighted by atomic mass is 32.2. The molecular weight excluding hydrogens is 487 g/mol. The summed E-state index contributed by atoms with van der Waals surface area (Å²) in [5.74, 6) is -0.919. The standard InChI is InChI=1S/C26H31FN2O6S/c1-4-29(5-2)13-6-7-17-15-18(27)8-11-23(17)36(31,32)28-21-10-9-20-19-12-14-34-22(19)16-35-25(20)24(21)26(30)33-3/h6-11,15,19,22,28H,4-5,12-14,16H2,1-3H3/t19-,22+/m0/s1. The maximum absolute atomic E-state index is 14.0. The number of ether oxygens (including phenoxy) is 3. The minimum Gasteiger partial charge on any atom is -0.490 e. The minimum absolute atomic E-state index is 0.00432. The van der Waals surface area contributed by atoms with Crippen LogP contribution in [0, 0.1) is 5.82 Å². The zero-order valence-electron chi connectivity index (χ0n) is 20.6. The highest BCUT2D eigenvalue weighted by molar-refractivity contribution is 7.92. The number of hydrogen-bond donors (Lipinski definition) is 1. The molecule has 0 aliphatic carbocycles. The molecule has 36 heavy (non-hydrogen) atoms. The summed E-state index contributed by atoms with van der Waals surface area (Å²) in [6.07, 6.45) is 4.07. The van der Waals surface area contributed by atoms with Crippen molar-refractivity contribution in [3.05, 3.63) is 58.9 Å². The molecule has 0 saturated carbocycles. The Morgan fingerprint density at radius 1 is 1.25 bits per heavy atom. The van der Waals surface area contributed by atoms with Crippen molar-refractivity contribution in [1.29, 1.82) is 0 Å². The van der Waals surface area contributed by atoms with E-state index >= 15 is 0 Å². The Labute approximate surface area is 211 Å². The zero-order valence-corrected chi connectivity index (χ0v) is 21.4. The van der Waals surface area contributed by atoms with E-state index in [0.717, 1.165) is 31.1 Å². The van der Waals surface area contributed by atoms with Crippen molar-refractivity contribution < 1.29 is 31.8 Å². The average molecular weight is 519 g/mol. The summed E-state index contributed by atoms with van der Waals surface area (Å²) < 4.78 is 60.0. The summed E-state index contributed by atoms with van der Waals surface area (Å²) in [5.41, 5.74) is 1.02. The fourth-order valence-electron chi connectivity index (χ4n) is 4.67. The van der Waals surface area contributed by atoms with Gasteiger partial charge < -0.3 is 19.1 Å². The first-order valence-electron chi connectivity index (χ1n) is 12.0. The van der Waals surface area contributed by atoms with Crippen molar-refractivity contribution in [1.82, 2.24) is 4.90 Å². The summed E-state index contributed by atoms with van der Waals surface area (Å²) >= 11 is 0. The molecule has 10 heteroatoms. The van der Waals surface area contributed by atoms with E-state index in [0.29, 0.717) is 18.9 Å². The number of likely N-dealkylation sites (N-methyl/N-ethyl adjacent to an activating group) is 1. The third-order valence-electron chi connectivity index (χ3n) is 6.64. The first-order valence-corrected chi connectivity index (χ1v) is 13.5. The number of fused-ring (bicyclic) bond motifs is 3. The van der Waals surface area contributed by atoms with Crippen molar-refractivity contribution in [3.8, 4) is 5.75 Å². The van der Waals surface area contributed by atoms with Crippen LogP contribution in [0.3, 0.4) is 0 Å². The van der Waals surface area contributed by atoms with E-state index in [1.54, 1.807) is 18.2 Å². The van der Waals surface area contributed by atoms with Gasteiger partial charge in [-0.25, -0.2) is 17.6 Å². The molecule has 2 heterocycles. The number of halogens is 1. The molecule has 1 saturated heterocycles. The number of carbonyl (C=O) groups is 1. The quantitative estimate of drug-likeness (QED) is 0.501. The lowest BCUT2D eigenvalue weighted by Crippen LogP contribution is -2.30. The number of sulfonamides is 1. The molecule has 0 bridgehead atoms. The molecule has 2 aliphatic heterocycles. The molecule has 194 valence electrons. The SMILES string of the molecule is CCN(CC)CC=Cc1cc(F)ccc1S(=O)(=O)Nc1ccc2c(c1C(=O)OC)OC[C@H]1OCC[C@@H]21. The summed E-state index contributed by atoms with van der Waals surface area (Å²) in [4.78, 5) is 14.8. The Morgan fingerprint density at radius 2 is 2.03 bits per heavy atom. The van der Waals surface area contributed by atoms with Gasteiger partial charge >= 0.3 is 5.97 Å². The Hall–Kier alpha value is -2.95. The van der Waals surface area contributed by atoms with Gasteiger partial charge in [0.25, 0.3) is 10.0 Å². The molecule has 2 aromatic rings. The van der Waals surface area contributed by atoms with Gasteiger partial charge in [0.05, 0.1) is 23.8 Å². The fourth-order valence-corrected chi connectivity index (χ4v) is 5.93. The highest BCUT2D eigenvalue weighted by Crippen LogP contribution is 2.45. The van der Waals surface area contributed by atoms with Crippen LogP contribution >= 0.6 is 0 Å². The van der Waals surface area contributed by atoms with Crippen molar-refractivity contribution in [2.75, 3.05) is 44.7 Å². The molecule has 1 fully saturated rings. The van der Waals surface area contributed by atoms with Crippen LogP contribution in [0.4, 0.5) is 10.1 Å². The van der Waals surface area contributed by atoms with Gasteiger partial charge in [-0.2, -0.15) is 0 Å². The molecular formula is C26H31FN2O6S. The molecule has 8 nitrogen and oxygen atoms in total. The molecule has 0 aromatic heterocycles. The van der Waals surface area contributed by atoms with Crippen LogP contribution in [0.5, 0.6) is 5.75 Å². The van der Waals surface area contributed by atoms with E-state index in [4.69, 9.17) is 14.2 Å². The lowest BCUT2D eigenvalue weighted by molar-refractivity contribution is 0.0469. The molecule has 0 unspecified atom stereocenters. The molecule has 2 atom stereocenters. The molecule has 0 spiro atoms. The van der Waals surface area contributed by atoms with Crippen molar-refractivity contribution >= 4 is 27.8 Å². The number of nitrogens with zero attached hydrogens (tertiary/aromatic N) is 1. The third-order valence-corrected chi connectivity index (χ3v) is 8.08. The monoisotopic (exact) mass is 518 g/mol. The molecule has 0 amide bonds. The van der Waals surface area contributed by atoms with Crippen LogP contribution < -0.4 is 9.46 Å².